The fourth-order valence-corrected chi connectivity index (χ4v) is 1.10. The Morgan fingerprint density at radius 2 is 2.25 bits per heavy atom. The average Bonchev–Trinajstić information content (AvgIpc) is 2.00. The minimum Gasteiger partial charge on any atom is -0.462 e. The minimum atomic E-state index is -0.449. The number of esters is 1. The van der Waals surface area contributed by atoms with Gasteiger partial charge < -0.3 is 4.74 Å². The lowest BCUT2D eigenvalue weighted by Gasteiger charge is -2.14. The summed E-state index contributed by atoms with van der Waals surface area (Å²) in [5.74, 6) is 0.280. The van der Waals surface area contributed by atoms with Gasteiger partial charge in [0.25, 0.3) is 0 Å². The normalized spacial score (nSPS) is 12.6. The van der Waals surface area contributed by atoms with Crippen molar-refractivity contribution in [1.29, 1.82) is 0 Å². The number of carbonyl (C=O) groups is 1. The monoisotopic (exact) mass is 193 g/mol. The highest BCUT2D eigenvalue weighted by Crippen LogP contribution is 2.08. The van der Waals surface area contributed by atoms with Crippen molar-refractivity contribution >= 4 is 18.6 Å². The van der Waals surface area contributed by atoms with E-state index in [0.717, 1.165) is 6.42 Å². The maximum Gasteiger partial charge on any atom is 0.302 e. The van der Waals surface area contributed by atoms with Gasteiger partial charge in [-0.3, -0.25) is 9.18 Å². The lowest BCUT2D eigenvalue weighted by atomic mass is 10.1. The first kappa shape index (κ1) is 11.8. The van der Waals surface area contributed by atoms with Crippen LogP contribution >= 0.6 is 12.6 Å². The fourth-order valence-electron chi connectivity index (χ4n) is 0.930. The van der Waals surface area contributed by atoms with Gasteiger partial charge in [0.15, 0.2) is 0 Å². The summed E-state index contributed by atoms with van der Waals surface area (Å²) in [6, 6.07) is 0. The van der Waals surface area contributed by atoms with Gasteiger partial charge >= 0.3 is 5.97 Å². The van der Waals surface area contributed by atoms with Gasteiger partial charge in [-0.25, -0.2) is 0 Å². The molecule has 0 aliphatic carbocycles. The summed E-state index contributed by atoms with van der Waals surface area (Å²) in [7, 11) is 0. The van der Waals surface area contributed by atoms with Gasteiger partial charge in [-0.05, 0) is 12.8 Å². The number of halogens is 1. The molecule has 0 saturated heterocycles. The molecule has 0 rings (SSSR count). The maximum atomic E-state index is 11.9. The summed E-state index contributed by atoms with van der Waals surface area (Å²) < 4.78 is 16.8. The number of carbonyl (C=O) groups excluding carboxylic acids is 1. The van der Waals surface area contributed by atoms with Crippen LogP contribution in [-0.4, -0.2) is 24.5 Å². The van der Waals surface area contributed by atoms with Gasteiger partial charge in [0.2, 0.25) is 0 Å². The Morgan fingerprint density at radius 1 is 1.58 bits per heavy atom. The van der Waals surface area contributed by atoms with Crippen LogP contribution < -0.4 is 0 Å². The topological polar surface area (TPSA) is 26.3 Å². The van der Waals surface area contributed by atoms with Crippen molar-refractivity contribution in [2.45, 2.75) is 32.3 Å². The zero-order valence-corrected chi connectivity index (χ0v) is 8.03. The number of ether oxygens (including phenoxy) is 1. The molecule has 1 unspecified atom stereocenters. The molecule has 0 aromatic heterocycles. The van der Waals surface area contributed by atoms with E-state index in [4.69, 9.17) is 17.4 Å². The van der Waals surface area contributed by atoms with Crippen molar-refractivity contribution in [3.05, 3.63) is 0 Å². The largest absolute Gasteiger partial charge is 0.462 e. The molecule has 0 aliphatic rings. The van der Waals surface area contributed by atoms with Crippen LogP contribution in [0.4, 0.5) is 4.39 Å². The summed E-state index contributed by atoms with van der Waals surface area (Å²) in [5.41, 5.74) is 0. The quantitative estimate of drug-likeness (QED) is 0.605. The number of hydrogen-bond acceptors (Lipinski definition) is 2. The average molecular weight is 193 g/mol. The van der Waals surface area contributed by atoms with Gasteiger partial charge in [-0.1, -0.05) is 12.6 Å². The van der Waals surface area contributed by atoms with Crippen molar-refractivity contribution < 1.29 is 13.9 Å². The summed E-state index contributed by atoms with van der Waals surface area (Å²) in [6.07, 6.45) is 1.48. The Kier molecular flexibility index (Phi) is 7.25. The van der Waals surface area contributed by atoms with Crippen molar-refractivity contribution in [2.24, 2.45) is 0 Å². The summed E-state index contributed by atoms with van der Waals surface area (Å²) in [6.45, 7) is 0.883. The van der Waals surface area contributed by atoms with Crippen LogP contribution in [0.1, 0.15) is 26.2 Å². The first-order valence-corrected chi connectivity index (χ1v) is 4.59. The second-order valence-corrected chi connectivity index (χ2v) is 2.96. The first-order chi connectivity index (χ1) is 5.70. The minimum absolute atomic E-state index is 0.282. The van der Waals surface area contributed by atoms with E-state index < -0.39 is 6.67 Å². The highest BCUT2D eigenvalue weighted by Gasteiger charge is 2.10. The van der Waals surface area contributed by atoms with Gasteiger partial charge in [0.05, 0.1) is 6.67 Å². The Bertz CT molecular complexity index is 130. The number of hydrogen-bond donors (Lipinski definition) is 0. The molecular weight excluding hydrogens is 179 g/mol. The summed E-state index contributed by atoms with van der Waals surface area (Å²) in [5, 5.41) is 0. The van der Waals surface area contributed by atoms with Crippen LogP contribution in [0, 0.1) is 0 Å². The first-order valence-electron chi connectivity index (χ1n) is 4.02. The zero-order valence-electron chi connectivity index (χ0n) is 7.22. The molecule has 4 heteroatoms. The molecule has 0 amide bonds. The van der Waals surface area contributed by atoms with Gasteiger partial charge in [-0.2, -0.15) is 0 Å². The number of rotatable bonds is 6. The molecule has 0 aromatic rings. The van der Waals surface area contributed by atoms with E-state index >= 15 is 0 Å². The molecule has 0 heterocycles. The third kappa shape index (κ3) is 6.46. The Labute approximate surface area is 77.9 Å². The van der Waals surface area contributed by atoms with Crippen molar-refractivity contribution in [1.82, 2.24) is 0 Å². The molecule has 2 nitrogen and oxygen atoms in total. The highest BCUT2D eigenvalue weighted by molar-refractivity contribution is 7.80. The number of alkyl halides is 1. The van der Waals surface area contributed by atoms with E-state index in [-0.39, 0.29) is 18.5 Å². The molecule has 0 aliphatic heterocycles. The molecule has 0 fully saturated rings. The van der Waals surface area contributed by atoms with Crippen LogP contribution in [0.5, 0.6) is 0 Å². The van der Waals surface area contributed by atoms with Crippen molar-refractivity contribution in [3.63, 3.8) is 0 Å². The molecule has 0 N–H and O–H groups in total. The predicted octanol–water partition coefficient (Wildman–Crippen LogP) is 2.26. The molecule has 0 bridgehead atoms. The van der Waals surface area contributed by atoms with E-state index in [1.165, 1.54) is 6.92 Å². The lowest BCUT2D eigenvalue weighted by molar-refractivity contribution is -0.147. The van der Waals surface area contributed by atoms with Crippen molar-refractivity contribution in [3.8, 4) is 0 Å². The third-order valence-corrected chi connectivity index (χ3v) is 1.72. The second-order valence-electron chi connectivity index (χ2n) is 2.56. The van der Waals surface area contributed by atoms with E-state index in [9.17, 15) is 9.18 Å². The molecule has 71 valence electrons. The summed E-state index contributed by atoms with van der Waals surface area (Å²) in [4.78, 5) is 10.5. The SMILES string of the molecule is CC(=O)OC(CCF)CCC[S]. The fraction of sp³-hybridized carbons (Fsp3) is 0.875. The zero-order chi connectivity index (χ0) is 9.40. The van der Waals surface area contributed by atoms with Crippen LogP contribution in [0.3, 0.4) is 0 Å². The predicted molar refractivity (Wildman–Crippen MR) is 47.8 cm³/mol. The Hall–Kier alpha value is -0.250. The van der Waals surface area contributed by atoms with Crippen molar-refractivity contribution in [2.75, 3.05) is 12.4 Å². The van der Waals surface area contributed by atoms with Gasteiger partial charge in [-0.15, -0.1) is 0 Å². The molecule has 1 atom stereocenters. The van der Waals surface area contributed by atoms with Crippen LogP contribution in [-0.2, 0) is 9.53 Å². The van der Waals surface area contributed by atoms with E-state index in [1.807, 2.05) is 0 Å². The molecule has 0 spiro atoms. The van der Waals surface area contributed by atoms with Gasteiger partial charge in [0, 0.05) is 19.1 Å². The van der Waals surface area contributed by atoms with E-state index in [2.05, 4.69) is 0 Å². The van der Waals surface area contributed by atoms with Crippen LogP contribution in [0.15, 0.2) is 0 Å². The van der Waals surface area contributed by atoms with E-state index in [0.29, 0.717) is 12.2 Å². The smallest absolute Gasteiger partial charge is 0.302 e. The van der Waals surface area contributed by atoms with Gasteiger partial charge in [0.1, 0.15) is 6.10 Å². The summed E-state index contributed by atoms with van der Waals surface area (Å²) >= 11 is 4.73. The van der Waals surface area contributed by atoms with Crippen LogP contribution in [0.2, 0.25) is 0 Å². The Morgan fingerprint density at radius 3 is 2.67 bits per heavy atom. The third-order valence-electron chi connectivity index (χ3n) is 1.43. The maximum absolute atomic E-state index is 11.9. The Balaban J connectivity index is 3.61. The molecular formula is C8H14FO2S. The molecule has 0 saturated carbocycles. The highest BCUT2D eigenvalue weighted by atomic mass is 32.1. The molecule has 0 aromatic carbocycles. The molecule has 1 radical (unpaired) electrons. The lowest BCUT2D eigenvalue weighted by Crippen LogP contribution is -2.17. The standard InChI is InChI=1S/C8H14FO2S/c1-7(10)11-8(4-5-9)3-2-6-12/h8H,2-6H2,1H3. The molecule has 12 heavy (non-hydrogen) atoms. The van der Waals surface area contributed by atoms with E-state index in [1.54, 1.807) is 0 Å². The van der Waals surface area contributed by atoms with Crippen LogP contribution in [0.25, 0.3) is 0 Å². The second kappa shape index (κ2) is 7.40.